The van der Waals surface area contributed by atoms with Crippen molar-refractivity contribution in [3.63, 3.8) is 0 Å². The molecule has 6 heteroatoms. The Morgan fingerprint density at radius 3 is 2.33 bits per heavy atom. The SMILES string of the molecule is COC(=O)C(Nc1c(Cl)cc(Cl)cc1Cl)C1CC1. The second-order valence-electron chi connectivity index (χ2n) is 4.23. The Labute approximate surface area is 120 Å². The predicted octanol–water partition coefficient (Wildman–Crippen LogP) is 4.01. The number of benzene rings is 1. The van der Waals surface area contributed by atoms with Gasteiger partial charge in [0.05, 0.1) is 22.8 Å². The third-order valence-electron chi connectivity index (χ3n) is 2.86. The zero-order chi connectivity index (χ0) is 13.3. The van der Waals surface area contributed by atoms with Crippen molar-refractivity contribution in [2.75, 3.05) is 12.4 Å². The van der Waals surface area contributed by atoms with Crippen LogP contribution in [0.15, 0.2) is 12.1 Å². The summed E-state index contributed by atoms with van der Waals surface area (Å²) in [5, 5.41) is 4.30. The highest BCUT2D eigenvalue weighted by molar-refractivity contribution is 6.41. The number of methoxy groups -OCH3 is 1. The molecule has 1 aliphatic rings. The molecule has 0 saturated heterocycles. The lowest BCUT2D eigenvalue weighted by Gasteiger charge is -2.19. The minimum Gasteiger partial charge on any atom is -0.467 e. The van der Waals surface area contributed by atoms with E-state index in [1.807, 2.05) is 0 Å². The molecule has 18 heavy (non-hydrogen) atoms. The minimum absolute atomic E-state index is 0.278. The van der Waals surface area contributed by atoms with Crippen LogP contribution in [-0.2, 0) is 9.53 Å². The minimum atomic E-state index is -0.411. The number of hydrogen-bond donors (Lipinski definition) is 1. The summed E-state index contributed by atoms with van der Waals surface area (Å²) in [5.41, 5.74) is 0.519. The molecule has 0 amide bonds. The van der Waals surface area contributed by atoms with Crippen LogP contribution >= 0.6 is 34.8 Å². The molecule has 0 bridgehead atoms. The summed E-state index contributed by atoms with van der Waals surface area (Å²) in [7, 11) is 1.37. The van der Waals surface area contributed by atoms with Gasteiger partial charge in [0.15, 0.2) is 0 Å². The molecule has 2 rings (SSSR count). The fraction of sp³-hybridized carbons (Fsp3) is 0.417. The first kappa shape index (κ1) is 13.8. The van der Waals surface area contributed by atoms with E-state index in [1.54, 1.807) is 12.1 Å². The molecular weight excluding hydrogens is 296 g/mol. The van der Waals surface area contributed by atoms with E-state index in [0.29, 0.717) is 20.8 Å². The van der Waals surface area contributed by atoms with Gasteiger partial charge in [-0.15, -0.1) is 0 Å². The van der Waals surface area contributed by atoms with Gasteiger partial charge in [-0.3, -0.25) is 0 Å². The van der Waals surface area contributed by atoms with Gasteiger partial charge in [0.1, 0.15) is 6.04 Å². The molecule has 1 aliphatic carbocycles. The fourth-order valence-corrected chi connectivity index (χ4v) is 2.69. The highest BCUT2D eigenvalue weighted by Crippen LogP contribution is 2.39. The maximum atomic E-state index is 11.7. The Hall–Kier alpha value is -0.640. The molecular formula is C12H12Cl3NO2. The third kappa shape index (κ3) is 3.02. The molecule has 0 spiro atoms. The lowest BCUT2D eigenvalue weighted by Crippen LogP contribution is -2.32. The zero-order valence-electron chi connectivity index (χ0n) is 9.67. The van der Waals surface area contributed by atoms with E-state index in [4.69, 9.17) is 39.5 Å². The van der Waals surface area contributed by atoms with Gasteiger partial charge in [0.2, 0.25) is 0 Å². The van der Waals surface area contributed by atoms with Crippen LogP contribution < -0.4 is 5.32 Å². The predicted molar refractivity (Wildman–Crippen MR) is 73.6 cm³/mol. The first-order chi connectivity index (χ1) is 8.52. The smallest absolute Gasteiger partial charge is 0.328 e. The van der Waals surface area contributed by atoms with Crippen molar-refractivity contribution < 1.29 is 9.53 Å². The van der Waals surface area contributed by atoms with E-state index in [2.05, 4.69) is 5.32 Å². The van der Waals surface area contributed by atoms with Gasteiger partial charge in [-0.1, -0.05) is 34.8 Å². The van der Waals surface area contributed by atoms with Gasteiger partial charge in [0.25, 0.3) is 0 Å². The molecule has 1 aromatic rings. The molecule has 0 heterocycles. The summed E-state index contributed by atoms with van der Waals surface area (Å²) in [6.45, 7) is 0. The molecule has 98 valence electrons. The summed E-state index contributed by atoms with van der Waals surface area (Å²) in [6.07, 6.45) is 1.99. The molecule has 1 saturated carbocycles. The molecule has 1 fully saturated rings. The Morgan fingerprint density at radius 1 is 1.33 bits per heavy atom. The summed E-state index contributed by atoms with van der Waals surface area (Å²) < 4.78 is 4.78. The molecule has 1 unspecified atom stereocenters. The molecule has 0 aromatic heterocycles. The van der Waals surface area contributed by atoms with E-state index < -0.39 is 6.04 Å². The number of carbonyl (C=O) groups is 1. The van der Waals surface area contributed by atoms with Crippen LogP contribution in [0.1, 0.15) is 12.8 Å². The topological polar surface area (TPSA) is 38.3 Å². The molecule has 3 nitrogen and oxygen atoms in total. The Balaban J connectivity index is 2.24. The lowest BCUT2D eigenvalue weighted by atomic mass is 10.1. The Kier molecular flexibility index (Phi) is 4.25. The molecule has 0 radical (unpaired) electrons. The zero-order valence-corrected chi connectivity index (χ0v) is 11.9. The van der Waals surface area contributed by atoms with Crippen molar-refractivity contribution in [3.05, 3.63) is 27.2 Å². The quantitative estimate of drug-likeness (QED) is 0.854. The summed E-state index contributed by atoms with van der Waals surface area (Å²) >= 11 is 18.0. The molecule has 1 atom stereocenters. The summed E-state index contributed by atoms with van der Waals surface area (Å²) in [4.78, 5) is 11.7. The number of nitrogens with one attached hydrogen (secondary N) is 1. The van der Waals surface area contributed by atoms with Gasteiger partial charge in [0, 0.05) is 5.02 Å². The van der Waals surface area contributed by atoms with Crippen LogP contribution in [0.5, 0.6) is 0 Å². The van der Waals surface area contributed by atoms with Crippen molar-refractivity contribution >= 4 is 46.5 Å². The largest absolute Gasteiger partial charge is 0.467 e. The van der Waals surface area contributed by atoms with E-state index in [1.165, 1.54) is 7.11 Å². The standard InChI is InChI=1S/C12H12Cl3NO2/c1-18-12(17)10(6-2-3-6)16-11-8(14)4-7(13)5-9(11)15/h4-6,10,16H,2-3H2,1H3. The maximum absolute atomic E-state index is 11.7. The van der Waals surface area contributed by atoms with E-state index in [9.17, 15) is 4.79 Å². The van der Waals surface area contributed by atoms with Crippen LogP contribution in [0.3, 0.4) is 0 Å². The van der Waals surface area contributed by atoms with Crippen LogP contribution in [0, 0.1) is 5.92 Å². The molecule has 1 aromatic carbocycles. The Morgan fingerprint density at radius 2 is 1.89 bits per heavy atom. The first-order valence-corrected chi connectivity index (χ1v) is 6.65. The number of hydrogen-bond acceptors (Lipinski definition) is 3. The monoisotopic (exact) mass is 307 g/mol. The first-order valence-electron chi connectivity index (χ1n) is 5.52. The molecule has 1 N–H and O–H groups in total. The highest BCUT2D eigenvalue weighted by atomic mass is 35.5. The molecule has 0 aliphatic heterocycles. The number of anilines is 1. The van der Waals surface area contributed by atoms with Crippen molar-refractivity contribution in [2.45, 2.75) is 18.9 Å². The van der Waals surface area contributed by atoms with Crippen molar-refractivity contribution in [3.8, 4) is 0 Å². The van der Waals surface area contributed by atoms with Crippen molar-refractivity contribution in [1.82, 2.24) is 0 Å². The number of rotatable bonds is 4. The van der Waals surface area contributed by atoms with E-state index in [-0.39, 0.29) is 11.9 Å². The van der Waals surface area contributed by atoms with Gasteiger partial charge in [-0.2, -0.15) is 0 Å². The van der Waals surface area contributed by atoms with Crippen LogP contribution in [0.4, 0.5) is 5.69 Å². The van der Waals surface area contributed by atoms with E-state index >= 15 is 0 Å². The van der Waals surface area contributed by atoms with Crippen LogP contribution in [0.25, 0.3) is 0 Å². The number of ether oxygens (including phenoxy) is 1. The normalized spacial score (nSPS) is 16.2. The average Bonchev–Trinajstić information content (AvgIpc) is 3.11. The second kappa shape index (κ2) is 5.55. The summed E-state index contributed by atoms with van der Waals surface area (Å²) in [5.74, 6) is -0.0279. The van der Waals surface area contributed by atoms with Gasteiger partial charge in [-0.05, 0) is 30.9 Å². The van der Waals surface area contributed by atoms with Gasteiger partial charge in [-0.25, -0.2) is 4.79 Å². The third-order valence-corrected chi connectivity index (χ3v) is 3.67. The fourth-order valence-electron chi connectivity index (χ4n) is 1.76. The highest BCUT2D eigenvalue weighted by Gasteiger charge is 2.37. The van der Waals surface area contributed by atoms with Crippen molar-refractivity contribution in [2.24, 2.45) is 5.92 Å². The van der Waals surface area contributed by atoms with E-state index in [0.717, 1.165) is 12.8 Å². The van der Waals surface area contributed by atoms with Crippen molar-refractivity contribution in [1.29, 1.82) is 0 Å². The Bertz CT molecular complexity index is 451. The second-order valence-corrected chi connectivity index (χ2v) is 5.48. The maximum Gasteiger partial charge on any atom is 0.328 e. The average molecular weight is 309 g/mol. The van der Waals surface area contributed by atoms with Crippen LogP contribution in [0.2, 0.25) is 15.1 Å². The number of esters is 1. The number of halogens is 3. The van der Waals surface area contributed by atoms with Gasteiger partial charge < -0.3 is 10.1 Å². The lowest BCUT2D eigenvalue weighted by molar-refractivity contribution is -0.142. The van der Waals surface area contributed by atoms with Crippen LogP contribution in [-0.4, -0.2) is 19.1 Å². The van der Waals surface area contributed by atoms with Gasteiger partial charge >= 0.3 is 5.97 Å². The summed E-state index contributed by atoms with van der Waals surface area (Å²) in [6, 6.07) is 2.75. The number of carbonyl (C=O) groups excluding carboxylic acids is 1.